The molecule has 4 rings (SSSR count). The van der Waals surface area contributed by atoms with E-state index in [1.165, 1.54) is 25.6 Å². The first-order chi connectivity index (χ1) is 16.5. The van der Waals surface area contributed by atoms with Crippen molar-refractivity contribution in [3.05, 3.63) is 54.1 Å². The number of hydrogen-bond donors (Lipinski definition) is 1. The molecule has 0 saturated heterocycles. The molecule has 2 amide bonds. The van der Waals surface area contributed by atoms with Crippen LogP contribution in [0.15, 0.2) is 43.0 Å². The van der Waals surface area contributed by atoms with Crippen molar-refractivity contribution >= 4 is 29.1 Å². The Hall–Kier alpha value is -2.72. The molecule has 0 spiro atoms. The Bertz CT molecular complexity index is 1060. The second kappa shape index (κ2) is 9.73. The quantitative estimate of drug-likeness (QED) is 0.511. The third-order valence-corrected chi connectivity index (χ3v) is 7.15. The summed E-state index contributed by atoms with van der Waals surface area (Å²) in [4.78, 5) is 35.7. The van der Waals surface area contributed by atoms with Gasteiger partial charge in [0.1, 0.15) is 6.33 Å². The van der Waals surface area contributed by atoms with E-state index in [-0.39, 0.29) is 29.5 Å². The summed E-state index contributed by atoms with van der Waals surface area (Å²) in [6.45, 7) is 0.673. The molecule has 1 aromatic heterocycles. The van der Waals surface area contributed by atoms with Crippen molar-refractivity contribution in [1.29, 1.82) is 0 Å². The lowest BCUT2D eigenvalue weighted by molar-refractivity contribution is -0.186. The molecule has 35 heavy (non-hydrogen) atoms. The molecular formula is C24H26ClF3N4O3. The molecule has 2 aromatic rings. The Balaban J connectivity index is 1.69. The number of nitrogens with one attached hydrogen (secondary N) is 1. The molecule has 188 valence electrons. The van der Waals surface area contributed by atoms with Crippen LogP contribution in [0.3, 0.4) is 0 Å². The summed E-state index contributed by atoms with van der Waals surface area (Å²) in [5, 5.41) is 2.77. The zero-order valence-electron chi connectivity index (χ0n) is 19.3. The number of anilines is 1. The predicted octanol–water partition coefficient (Wildman–Crippen LogP) is 4.20. The average Bonchev–Trinajstić information content (AvgIpc) is 3.56. The van der Waals surface area contributed by atoms with Gasteiger partial charge in [-0.05, 0) is 55.7 Å². The number of carbonyl (C=O) groups excluding carboxylic acids is 2. The Labute approximate surface area is 206 Å². The van der Waals surface area contributed by atoms with Gasteiger partial charge in [-0.15, -0.1) is 0 Å². The third kappa shape index (κ3) is 5.13. The maximum atomic E-state index is 14.3. The predicted molar refractivity (Wildman–Crippen MR) is 123 cm³/mol. The monoisotopic (exact) mass is 510 g/mol. The van der Waals surface area contributed by atoms with Gasteiger partial charge < -0.3 is 10.1 Å². The fourth-order valence-corrected chi connectivity index (χ4v) is 4.47. The third-order valence-electron chi connectivity index (χ3n) is 6.97. The van der Waals surface area contributed by atoms with Gasteiger partial charge >= 0.3 is 6.61 Å². The highest BCUT2D eigenvalue weighted by Crippen LogP contribution is 2.48. The maximum absolute atomic E-state index is 14.3. The van der Waals surface area contributed by atoms with E-state index in [1.54, 1.807) is 12.1 Å². The van der Waals surface area contributed by atoms with Gasteiger partial charge in [-0.25, -0.2) is 14.4 Å². The fourth-order valence-electron chi connectivity index (χ4n) is 4.37. The first-order valence-corrected chi connectivity index (χ1v) is 11.7. The number of hydrogen-bond acceptors (Lipinski definition) is 5. The van der Waals surface area contributed by atoms with E-state index in [4.69, 9.17) is 11.6 Å². The Morgan fingerprint density at radius 1 is 1.17 bits per heavy atom. The van der Waals surface area contributed by atoms with Crippen molar-refractivity contribution < 1.29 is 27.5 Å². The van der Waals surface area contributed by atoms with E-state index >= 15 is 0 Å². The van der Waals surface area contributed by atoms with Gasteiger partial charge in [0.05, 0.1) is 6.10 Å². The van der Waals surface area contributed by atoms with Gasteiger partial charge in [-0.2, -0.15) is 8.78 Å². The molecule has 11 heteroatoms. The number of benzene rings is 1. The van der Waals surface area contributed by atoms with Crippen LogP contribution in [0, 0.1) is 0 Å². The lowest BCUT2D eigenvalue weighted by Gasteiger charge is -2.43. The van der Waals surface area contributed by atoms with E-state index in [0.29, 0.717) is 0 Å². The van der Waals surface area contributed by atoms with Crippen LogP contribution in [-0.2, 0) is 25.3 Å². The van der Waals surface area contributed by atoms with E-state index in [0.717, 1.165) is 23.3 Å². The zero-order valence-corrected chi connectivity index (χ0v) is 20.0. The molecule has 2 aliphatic rings. The zero-order chi connectivity index (χ0) is 25.4. The minimum atomic E-state index is -2.90. The molecule has 0 bridgehead atoms. The molecule has 0 unspecified atom stereocenters. The fraction of sp³-hybridized carbons (Fsp3) is 0.500. The maximum Gasteiger partial charge on any atom is 0.345 e. The molecule has 1 aromatic carbocycles. The molecule has 1 N–H and O–H groups in total. The summed E-state index contributed by atoms with van der Waals surface area (Å²) < 4.78 is 43.6. The lowest BCUT2D eigenvalue weighted by atomic mass is 9.85. The van der Waals surface area contributed by atoms with Crippen LogP contribution in [-0.4, -0.2) is 46.2 Å². The average molecular weight is 511 g/mol. The highest BCUT2D eigenvalue weighted by atomic mass is 35.5. The van der Waals surface area contributed by atoms with E-state index in [1.807, 2.05) is 12.1 Å². The number of aromatic nitrogens is 2. The van der Waals surface area contributed by atoms with Crippen LogP contribution in [0.5, 0.6) is 0 Å². The van der Waals surface area contributed by atoms with Gasteiger partial charge in [0, 0.05) is 29.7 Å². The minimum Gasteiger partial charge on any atom is -0.351 e. The number of amides is 2. The molecule has 2 atom stereocenters. The van der Waals surface area contributed by atoms with Crippen LogP contribution < -0.4 is 10.2 Å². The first-order valence-electron chi connectivity index (χ1n) is 11.3. The van der Waals surface area contributed by atoms with Crippen LogP contribution >= 0.6 is 11.6 Å². The van der Waals surface area contributed by atoms with Crippen LogP contribution in [0.25, 0.3) is 0 Å². The minimum absolute atomic E-state index is 0.0670. The molecule has 0 aliphatic heterocycles. The SMILES string of the molecule is CC1(c2ccc(N(C(=O)[C@H](F)Cl)[C@](C)(C(=O)NC3CC(OC(F)F)C3)c3cncnc3)cc2)CC1. The largest absolute Gasteiger partial charge is 0.351 e. The summed E-state index contributed by atoms with van der Waals surface area (Å²) in [5.74, 6) is -1.79. The molecule has 1 heterocycles. The van der Waals surface area contributed by atoms with E-state index < -0.39 is 41.7 Å². The van der Waals surface area contributed by atoms with Crippen molar-refractivity contribution in [1.82, 2.24) is 15.3 Å². The Kier molecular flexibility index (Phi) is 7.06. The van der Waals surface area contributed by atoms with Crippen LogP contribution in [0.4, 0.5) is 18.9 Å². The van der Waals surface area contributed by atoms with Crippen molar-refractivity contribution in [3.63, 3.8) is 0 Å². The number of ether oxygens (including phenoxy) is 1. The van der Waals surface area contributed by atoms with Crippen molar-refractivity contribution in [2.75, 3.05) is 4.90 Å². The summed E-state index contributed by atoms with van der Waals surface area (Å²) in [6, 6.07) is 6.55. The van der Waals surface area contributed by atoms with Gasteiger partial charge in [0.15, 0.2) is 5.54 Å². The molecule has 0 radical (unpaired) electrons. The standard InChI is InChI=1S/C24H26ClF3N4O3/c1-23(7-8-23)14-3-5-17(6-4-14)32(20(33)19(25)26)24(2,15-11-29-13-30-12-15)21(34)31-16-9-18(10-16)35-22(27)28/h3-6,11-13,16,18-19,22H,7-10H2,1-2H3,(H,31,34)/t16?,18?,19-,24-/m0/s1. The van der Waals surface area contributed by atoms with Gasteiger partial charge in [-0.3, -0.25) is 14.5 Å². The number of nitrogens with zero attached hydrogens (tertiary/aromatic N) is 3. The summed E-state index contributed by atoms with van der Waals surface area (Å²) >= 11 is 5.59. The second-order valence-electron chi connectivity index (χ2n) is 9.44. The van der Waals surface area contributed by atoms with Crippen LogP contribution in [0.1, 0.15) is 50.7 Å². The van der Waals surface area contributed by atoms with Gasteiger partial charge in [0.2, 0.25) is 0 Å². The van der Waals surface area contributed by atoms with E-state index in [9.17, 15) is 22.8 Å². The van der Waals surface area contributed by atoms with Gasteiger partial charge in [-0.1, -0.05) is 30.7 Å². The molecule has 7 nitrogen and oxygen atoms in total. The Morgan fingerprint density at radius 3 is 2.29 bits per heavy atom. The Morgan fingerprint density at radius 2 is 1.77 bits per heavy atom. The number of halogens is 4. The summed E-state index contributed by atoms with van der Waals surface area (Å²) in [6.07, 6.45) is 5.75. The lowest BCUT2D eigenvalue weighted by Crippen LogP contribution is -2.61. The van der Waals surface area contributed by atoms with Crippen LogP contribution in [0.2, 0.25) is 0 Å². The van der Waals surface area contributed by atoms with Crippen molar-refractivity contribution in [2.45, 2.75) is 74.9 Å². The second-order valence-corrected chi connectivity index (χ2v) is 9.82. The number of rotatable bonds is 9. The normalized spacial score (nSPS) is 23.1. The smallest absolute Gasteiger partial charge is 0.345 e. The first kappa shape index (κ1) is 25.4. The molecule has 2 fully saturated rings. The molecule has 2 aliphatic carbocycles. The molecule has 2 saturated carbocycles. The van der Waals surface area contributed by atoms with Crippen molar-refractivity contribution in [2.24, 2.45) is 0 Å². The highest BCUT2D eigenvalue weighted by molar-refractivity contribution is 6.32. The van der Waals surface area contributed by atoms with E-state index in [2.05, 4.69) is 26.9 Å². The highest BCUT2D eigenvalue weighted by Gasteiger charge is 2.49. The number of carbonyl (C=O) groups is 2. The topological polar surface area (TPSA) is 84.4 Å². The van der Waals surface area contributed by atoms with Crippen molar-refractivity contribution in [3.8, 4) is 0 Å². The summed E-state index contributed by atoms with van der Waals surface area (Å²) in [5.41, 5.74) is -2.58. The summed E-state index contributed by atoms with van der Waals surface area (Å²) in [7, 11) is 0. The number of alkyl halides is 4. The molecular weight excluding hydrogens is 485 g/mol. The van der Waals surface area contributed by atoms with Gasteiger partial charge in [0.25, 0.3) is 17.4 Å².